The van der Waals surface area contributed by atoms with Gasteiger partial charge in [0.1, 0.15) is 6.04 Å². The first-order valence-corrected chi connectivity index (χ1v) is 7.07. The molecule has 0 radical (unpaired) electrons. The van der Waals surface area contributed by atoms with Gasteiger partial charge in [-0.3, -0.25) is 9.48 Å². The molecule has 0 bridgehead atoms. The van der Waals surface area contributed by atoms with Crippen molar-refractivity contribution >= 4 is 28.9 Å². The van der Waals surface area contributed by atoms with Crippen LogP contribution >= 0.6 is 11.6 Å². The van der Waals surface area contributed by atoms with Gasteiger partial charge in [0.05, 0.1) is 22.6 Å². The van der Waals surface area contributed by atoms with E-state index in [1.165, 1.54) is 0 Å². The third-order valence-corrected chi connectivity index (χ3v) is 3.46. The van der Waals surface area contributed by atoms with Crippen molar-refractivity contribution in [2.24, 2.45) is 7.05 Å². The Morgan fingerprint density at radius 3 is 2.67 bits per heavy atom. The van der Waals surface area contributed by atoms with Crippen LogP contribution in [0.4, 0.5) is 11.4 Å². The van der Waals surface area contributed by atoms with Gasteiger partial charge >= 0.3 is 0 Å². The molecule has 0 aliphatic carbocycles. The normalized spacial score (nSPS) is 12.0. The Morgan fingerprint density at radius 2 is 2.10 bits per heavy atom. The molecule has 0 aliphatic heterocycles. The second-order valence-corrected chi connectivity index (χ2v) is 5.60. The van der Waals surface area contributed by atoms with Crippen molar-refractivity contribution in [1.82, 2.24) is 9.78 Å². The monoisotopic (exact) mass is 306 g/mol. The molecule has 1 amide bonds. The summed E-state index contributed by atoms with van der Waals surface area (Å²) < 4.78 is 1.67. The fourth-order valence-electron chi connectivity index (χ4n) is 2.12. The number of carbonyl (C=O) groups excluding carboxylic acids is 1. The number of carbonyl (C=O) groups is 1. The molecular formula is C15H19ClN4O. The standard InChI is InChI=1S/C15H19ClN4O/c1-9-5-10(2)14(13(16)6-9)19-15(21)11(3)18-12-7-17-20(4)8-12/h5-8,11,18H,1-4H3,(H,19,21). The minimum atomic E-state index is -0.397. The molecule has 2 aromatic rings. The summed E-state index contributed by atoms with van der Waals surface area (Å²) in [6.07, 6.45) is 3.49. The molecule has 6 heteroatoms. The molecule has 21 heavy (non-hydrogen) atoms. The van der Waals surface area contributed by atoms with Crippen molar-refractivity contribution < 1.29 is 4.79 Å². The zero-order valence-corrected chi connectivity index (χ0v) is 13.3. The summed E-state index contributed by atoms with van der Waals surface area (Å²) >= 11 is 6.20. The van der Waals surface area contributed by atoms with E-state index in [2.05, 4.69) is 15.7 Å². The van der Waals surface area contributed by atoms with E-state index in [0.29, 0.717) is 10.7 Å². The Morgan fingerprint density at radius 1 is 1.38 bits per heavy atom. The zero-order valence-electron chi connectivity index (χ0n) is 12.6. The first-order valence-electron chi connectivity index (χ1n) is 6.69. The topological polar surface area (TPSA) is 59.0 Å². The van der Waals surface area contributed by atoms with E-state index in [1.54, 1.807) is 17.8 Å². The van der Waals surface area contributed by atoms with Crippen LogP contribution in [0.2, 0.25) is 5.02 Å². The predicted octanol–water partition coefficient (Wildman–Crippen LogP) is 3.13. The smallest absolute Gasteiger partial charge is 0.246 e. The lowest BCUT2D eigenvalue weighted by atomic mass is 10.1. The van der Waals surface area contributed by atoms with Crippen LogP contribution in [0.25, 0.3) is 0 Å². The maximum atomic E-state index is 12.3. The average molecular weight is 307 g/mol. The molecule has 1 aromatic heterocycles. The molecule has 1 heterocycles. The van der Waals surface area contributed by atoms with Crippen molar-refractivity contribution in [1.29, 1.82) is 0 Å². The number of aryl methyl sites for hydroxylation is 3. The summed E-state index contributed by atoms with van der Waals surface area (Å²) in [5, 5.41) is 10.6. The molecule has 112 valence electrons. The van der Waals surface area contributed by atoms with Gasteiger partial charge in [-0.15, -0.1) is 0 Å². The van der Waals surface area contributed by atoms with Crippen molar-refractivity contribution in [2.45, 2.75) is 26.8 Å². The molecule has 1 unspecified atom stereocenters. The summed E-state index contributed by atoms with van der Waals surface area (Å²) in [6, 6.07) is 3.43. The Balaban J connectivity index is 2.07. The number of nitrogens with one attached hydrogen (secondary N) is 2. The van der Waals surface area contributed by atoms with Gasteiger partial charge in [0.2, 0.25) is 5.91 Å². The van der Waals surface area contributed by atoms with Gasteiger partial charge in [-0.05, 0) is 38.0 Å². The van der Waals surface area contributed by atoms with Crippen LogP contribution < -0.4 is 10.6 Å². The molecule has 0 fully saturated rings. The average Bonchev–Trinajstić information content (AvgIpc) is 2.78. The molecule has 0 saturated carbocycles. The Hall–Kier alpha value is -2.01. The van der Waals surface area contributed by atoms with Crippen LogP contribution in [-0.4, -0.2) is 21.7 Å². The quantitative estimate of drug-likeness (QED) is 0.912. The van der Waals surface area contributed by atoms with E-state index in [4.69, 9.17) is 11.6 Å². The first-order chi connectivity index (χ1) is 9.86. The number of amides is 1. The highest BCUT2D eigenvalue weighted by Crippen LogP contribution is 2.27. The van der Waals surface area contributed by atoms with Crippen LogP contribution in [0.5, 0.6) is 0 Å². The van der Waals surface area contributed by atoms with Crippen LogP contribution in [0.3, 0.4) is 0 Å². The van der Waals surface area contributed by atoms with E-state index in [0.717, 1.165) is 16.8 Å². The maximum Gasteiger partial charge on any atom is 0.246 e. The number of hydrogen-bond donors (Lipinski definition) is 2. The number of anilines is 2. The molecule has 0 aliphatic rings. The number of benzene rings is 1. The molecule has 0 saturated heterocycles. The van der Waals surface area contributed by atoms with E-state index in [9.17, 15) is 4.79 Å². The maximum absolute atomic E-state index is 12.3. The molecule has 5 nitrogen and oxygen atoms in total. The largest absolute Gasteiger partial charge is 0.371 e. The molecule has 2 N–H and O–H groups in total. The van der Waals surface area contributed by atoms with Gasteiger partial charge < -0.3 is 10.6 Å². The van der Waals surface area contributed by atoms with Crippen molar-refractivity contribution in [3.05, 3.63) is 40.7 Å². The Bertz CT molecular complexity index is 642. The third kappa shape index (κ3) is 3.76. The number of halogens is 1. The molecule has 1 atom stereocenters. The summed E-state index contributed by atoms with van der Waals surface area (Å²) in [5.74, 6) is -0.146. The molecule has 1 aromatic carbocycles. The van der Waals surface area contributed by atoms with E-state index in [-0.39, 0.29) is 5.91 Å². The molecular weight excluding hydrogens is 288 g/mol. The van der Waals surface area contributed by atoms with Crippen LogP contribution in [-0.2, 0) is 11.8 Å². The lowest BCUT2D eigenvalue weighted by Crippen LogP contribution is -2.32. The summed E-state index contributed by atoms with van der Waals surface area (Å²) in [7, 11) is 1.82. The van der Waals surface area contributed by atoms with Gasteiger partial charge in [-0.1, -0.05) is 17.7 Å². The second-order valence-electron chi connectivity index (χ2n) is 5.20. The van der Waals surface area contributed by atoms with Gasteiger partial charge in [0.15, 0.2) is 0 Å². The minimum Gasteiger partial charge on any atom is -0.371 e. The second kappa shape index (κ2) is 6.18. The Kier molecular flexibility index (Phi) is 4.53. The Labute approximate surface area is 129 Å². The van der Waals surface area contributed by atoms with E-state index < -0.39 is 6.04 Å². The van der Waals surface area contributed by atoms with Crippen LogP contribution in [0.15, 0.2) is 24.5 Å². The van der Waals surface area contributed by atoms with Crippen LogP contribution in [0.1, 0.15) is 18.1 Å². The molecule has 0 spiro atoms. The lowest BCUT2D eigenvalue weighted by Gasteiger charge is -2.16. The lowest BCUT2D eigenvalue weighted by molar-refractivity contribution is -0.116. The highest BCUT2D eigenvalue weighted by atomic mass is 35.5. The fourth-order valence-corrected chi connectivity index (χ4v) is 2.49. The number of hydrogen-bond acceptors (Lipinski definition) is 3. The summed E-state index contributed by atoms with van der Waals surface area (Å²) in [5.41, 5.74) is 3.47. The number of aromatic nitrogens is 2. The van der Waals surface area contributed by atoms with Crippen molar-refractivity contribution in [3.63, 3.8) is 0 Å². The van der Waals surface area contributed by atoms with Crippen molar-refractivity contribution in [2.75, 3.05) is 10.6 Å². The zero-order chi connectivity index (χ0) is 15.6. The minimum absolute atomic E-state index is 0.146. The third-order valence-electron chi connectivity index (χ3n) is 3.16. The molecule has 2 rings (SSSR count). The van der Waals surface area contributed by atoms with Crippen molar-refractivity contribution in [3.8, 4) is 0 Å². The highest BCUT2D eigenvalue weighted by Gasteiger charge is 2.16. The highest BCUT2D eigenvalue weighted by molar-refractivity contribution is 6.34. The fraction of sp³-hybridized carbons (Fsp3) is 0.333. The summed E-state index contributed by atoms with van der Waals surface area (Å²) in [4.78, 5) is 12.3. The van der Waals surface area contributed by atoms with Gasteiger partial charge in [0, 0.05) is 13.2 Å². The number of rotatable bonds is 4. The number of nitrogens with zero attached hydrogens (tertiary/aromatic N) is 2. The van der Waals surface area contributed by atoms with Crippen LogP contribution in [0, 0.1) is 13.8 Å². The van der Waals surface area contributed by atoms with E-state index in [1.807, 2.05) is 39.2 Å². The van der Waals surface area contributed by atoms with Gasteiger partial charge in [-0.2, -0.15) is 5.10 Å². The predicted molar refractivity (Wildman–Crippen MR) is 85.8 cm³/mol. The first kappa shape index (κ1) is 15.4. The van der Waals surface area contributed by atoms with Gasteiger partial charge in [0.25, 0.3) is 0 Å². The van der Waals surface area contributed by atoms with E-state index >= 15 is 0 Å². The van der Waals surface area contributed by atoms with Gasteiger partial charge in [-0.25, -0.2) is 0 Å². The SMILES string of the molecule is Cc1cc(C)c(NC(=O)C(C)Nc2cnn(C)c2)c(Cl)c1. The summed E-state index contributed by atoms with van der Waals surface area (Å²) in [6.45, 7) is 5.69.